The molecule has 9 nitrogen and oxygen atoms in total. The Morgan fingerprint density at radius 1 is 1.19 bits per heavy atom. The molecule has 0 saturated heterocycles. The number of halogens is 1. The SMILES string of the molecule is CCOc1ccccc1C(=O)NCCCC(=O)Nc1cc(-n2nnnc2C)ccc1F. The van der Waals surface area contributed by atoms with Crippen molar-refractivity contribution in [3.8, 4) is 11.4 Å². The first kappa shape index (κ1) is 21.9. The van der Waals surface area contributed by atoms with E-state index in [0.717, 1.165) is 0 Å². The second kappa shape index (κ2) is 10.3. The highest BCUT2D eigenvalue weighted by Gasteiger charge is 2.13. The molecule has 3 aromatic rings. The Kier molecular flexibility index (Phi) is 7.26. The number of aryl methyl sites for hydroxylation is 1. The third kappa shape index (κ3) is 5.62. The average molecular weight is 426 g/mol. The van der Waals surface area contributed by atoms with Crippen molar-refractivity contribution in [2.75, 3.05) is 18.5 Å². The van der Waals surface area contributed by atoms with Crippen LogP contribution in [0.4, 0.5) is 10.1 Å². The molecule has 0 radical (unpaired) electrons. The van der Waals surface area contributed by atoms with E-state index in [9.17, 15) is 14.0 Å². The molecule has 0 aliphatic rings. The summed E-state index contributed by atoms with van der Waals surface area (Å²) in [6.07, 6.45) is 0.503. The first-order chi connectivity index (χ1) is 15.0. The standard InChI is InChI=1S/C21H23FN6O3/c1-3-31-19-8-5-4-7-16(19)21(30)23-12-6-9-20(29)24-18-13-15(10-11-17(18)22)28-14(2)25-26-27-28/h4-5,7-8,10-11,13H,3,6,9,12H2,1-2H3,(H,23,30)(H,24,29). The topological polar surface area (TPSA) is 111 Å². The smallest absolute Gasteiger partial charge is 0.255 e. The third-order valence-electron chi connectivity index (χ3n) is 4.39. The van der Waals surface area contributed by atoms with E-state index in [2.05, 4.69) is 26.2 Å². The molecule has 162 valence electrons. The molecule has 31 heavy (non-hydrogen) atoms. The number of carbonyl (C=O) groups excluding carboxylic acids is 2. The van der Waals surface area contributed by atoms with E-state index in [-0.39, 0.29) is 23.9 Å². The van der Waals surface area contributed by atoms with E-state index < -0.39 is 5.82 Å². The van der Waals surface area contributed by atoms with Crippen LogP contribution in [0.2, 0.25) is 0 Å². The van der Waals surface area contributed by atoms with Crippen molar-refractivity contribution in [1.82, 2.24) is 25.5 Å². The maximum Gasteiger partial charge on any atom is 0.255 e. The molecule has 0 fully saturated rings. The Bertz CT molecular complexity index is 1070. The summed E-state index contributed by atoms with van der Waals surface area (Å²) in [6.45, 7) is 4.30. The minimum Gasteiger partial charge on any atom is -0.493 e. The molecule has 0 unspecified atom stereocenters. The van der Waals surface area contributed by atoms with E-state index in [0.29, 0.717) is 42.4 Å². The van der Waals surface area contributed by atoms with Gasteiger partial charge < -0.3 is 15.4 Å². The Balaban J connectivity index is 1.51. The minimum atomic E-state index is -0.566. The van der Waals surface area contributed by atoms with Crippen molar-refractivity contribution in [1.29, 1.82) is 0 Å². The Hall–Kier alpha value is -3.82. The normalized spacial score (nSPS) is 10.5. The number of tetrazole rings is 1. The Morgan fingerprint density at radius 3 is 2.74 bits per heavy atom. The highest BCUT2D eigenvalue weighted by atomic mass is 19.1. The number of amides is 2. The van der Waals surface area contributed by atoms with E-state index in [1.165, 1.54) is 22.9 Å². The zero-order valence-electron chi connectivity index (χ0n) is 17.3. The molecule has 0 aliphatic carbocycles. The number of carbonyl (C=O) groups is 2. The van der Waals surface area contributed by atoms with Gasteiger partial charge in [0, 0.05) is 13.0 Å². The van der Waals surface area contributed by atoms with Crippen molar-refractivity contribution < 1.29 is 18.7 Å². The van der Waals surface area contributed by atoms with Gasteiger partial charge in [-0.1, -0.05) is 12.1 Å². The summed E-state index contributed by atoms with van der Waals surface area (Å²) in [7, 11) is 0. The number of rotatable bonds is 9. The number of para-hydroxylation sites is 1. The minimum absolute atomic E-state index is 0.0343. The number of aromatic nitrogens is 4. The molecule has 0 saturated carbocycles. The third-order valence-corrected chi connectivity index (χ3v) is 4.39. The molecular formula is C21H23FN6O3. The predicted molar refractivity (Wildman–Crippen MR) is 112 cm³/mol. The number of anilines is 1. The van der Waals surface area contributed by atoms with Gasteiger partial charge in [0.05, 0.1) is 23.5 Å². The van der Waals surface area contributed by atoms with Crippen LogP contribution in [0.15, 0.2) is 42.5 Å². The lowest BCUT2D eigenvalue weighted by Crippen LogP contribution is -2.26. The van der Waals surface area contributed by atoms with Gasteiger partial charge in [-0.2, -0.15) is 4.68 Å². The zero-order chi connectivity index (χ0) is 22.2. The van der Waals surface area contributed by atoms with E-state index in [4.69, 9.17) is 4.74 Å². The van der Waals surface area contributed by atoms with Crippen molar-refractivity contribution in [3.05, 3.63) is 59.7 Å². The number of nitrogens with zero attached hydrogens (tertiary/aromatic N) is 4. The van der Waals surface area contributed by atoms with E-state index in [1.54, 1.807) is 31.2 Å². The lowest BCUT2D eigenvalue weighted by Gasteiger charge is -2.11. The first-order valence-corrected chi connectivity index (χ1v) is 9.84. The molecule has 0 spiro atoms. The Morgan fingerprint density at radius 2 is 2.00 bits per heavy atom. The maximum atomic E-state index is 14.1. The largest absolute Gasteiger partial charge is 0.493 e. The van der Waals surface area contributed by atoms with Crippen LogP contribution in [0, 0.1) is 12.7 Å². The number of nitrogens with one attached hydrogen (secondary N) is 2. The van der Waals surface area contributed by atoms with Gasteiger partial charge in [0.1, 0.15) is 11.6 Å². The van der Waals surface area contributed by atoms with Crippen molar-refractivity contribution >= 4 is 17.5 Å². The summed E-state index contributed by atoms with van der Waals surface area (Å²) < 4.78 is 21.0. The predicted octanol–water partition coefficient (Wildman–Crippen LogP) is 2.66. The second-order valence-electron chi connectivity index (χ2n) is 6.64. The average Bonchev–Trinajstić information content (AvgIpc) is 3.19. The van der Waals surface area contributed by atoms with Crippen LogP contribution in [0.1, 0.15) is 35.9 Å². The summed E-state index contributed by atoms with van der Waals surface area (Å²) in [5.74, 6) is -0.170. The van der Waals surface area contributed by atoms with Gasteiger partial charge >= 0.3 is 0 Å². The fraction of sp³-hybridized carbons (Fsp3) is 0.286. The fourth-order valence-electron chi connectivity index (χ4n) is 2.91. The molecular weight excluding hydrogens is 403 g/mol. The lowest BCUT2D eigenvalue weighted by atomic mass is 10.2. The monoisotopic (exact) mass is 426 g/mol. The number of hydrogen-bond donors (Lipinski definition) is 2. The fourth-order valence-corrected chi connectivity index (χ4v) is 2.91. The van der Waals surface area contributed by atoms with Crippen molar-refractivity contribution in [2.24, 2.45) is 0 Å². The van der Waals surface area contributed by atoms with Gasteiger partial charge in [0.2, 0.25) is 5.91 Å². The van der Waals surface area contributed by atoms with E-state index >= 15 is 0 Å². The van der Waals surface area contributed by atoms with Crippen LogP contribution in [-0.4, -0.2) is 45.2 Å². The van der Waals surface area contributed by atoms with E-state index in [1.807, 2.05) is 6.92 Å². The molecule has 10 heteroatoms. The number of ether oxygens (including phenoxy) is 1. The molecule has 2 amide bonds. The molecule has 0 atom stereocenters. The van der Waals surface area contributed by atoms with Crippen LogP contribution in [0.5, 0.6) is 5.75 Å². The molecule has 2 aromatic carbocycles. The van der Waals surface area contributed by atoms with Gasteiger partial charge in [-0.3, -0.25) is 9.59 Å². The van der Waals surface area contributed by atoms with Gasteiger partial charge in [-0.15, -0.1) is 5.10 Å². The molecule has 2 N–H and O–H groups in total. The summed E-state index contributed by atoms with van der Waals surface area (Å²) in [4.78, 5) is 24.6. The van der Waals surface area contributed by atoms with Crippen LogP contribution in [0.3, 0.4) is 0 Å². The van der Waals surface area contributed by atoms with Gasteiger partial charge in [-0.25, -0.2) is 4.39 Å². The Labute approximate surface area is 178 Å². The molecule has 3 rings (SSSR count). The van der Waals surface area contributed by atoms with Crippen LogP contribution < -0.4 is 15.4 Å². The molecule has 1 aromatic heterocycles. The first-order valence-electron chi connectivity index (χ1n) is 9.84. The summed E-state index contributed by atoms with van der Waals surface area (Å²) >= 11 is 0. The lowest BCUT2D eigenvalue weighted by molar-refractivity contribution is -0.116. The van der Waals surface area contributed by atoms with Crippen LogP contribution >= 0.6 is 0 Å². The van der Waals surface area contributed by atoms with Crippen molar-refractivity contribution in [2.45, 2.75) is 26.7 Å². The second-order valence-corrected chi connectivity index (χ2v) is 6.64. The van der Waals surface area contributed by atoms with Crippen LogP contribution in [-0.2, 0) is 4.79 Å². The van der Waals surface area contributed by atoms with Crippen LogP contribution in [0.25, 0.3) is 5.69 Å². The zero-order valence-corrected chi connectivity index (χ0v) is 17.3. The molecule has 0 aliphatic heterocycles. The summed E-state index contributed by atoms with van der Waals surface area (Å²) in [6, 6.07) is 11.2. The summed E-state index contributed by atoms with van der Waals surface area (Å²) in [5.41, 5.74) is 0.997. The molecule has 0 bridgehead atoms. The highest BCUT2D eigenvalue weighted by Crippen LogP contribution is 2.20. The van der Waals surface area contributed by atoms with Gasteiger partial charge in [0.25, 0.3) is 5.91 Å². The van der Waals surface area contributed by atoms with Crippen molar-refractivity contribution in [3.63, 3.8) is 0 Å². The molecule has 1 heterocycles. The highest BCUT2D eigenvalue weighted by molar-refractivity contribution is 5.97. The van der Waals surface area contributed by atoms with Gasteiger partial charge in [-0.05, 0) is 61.0 Å². The number of benzene rings is 2. The summed E-state index contributed by atoms with van der Waals surface area (Å²) in [5, 5.41) is 16.5. The quantitative estimate of drug-likeness (QED) is 0.509. The maximum absolute atomic E-state index is 14.1. The number of hydrogen-bond acceptors (Lipinski definition) is 6. The van der Waals surface area contributed by atoms with Gasteiger partial charge in [0.15, 0.2) is 5.82 Å².